The van der Waals surface area contributed by atoms with E-state index in [-0.39, 0.29) is 54.9 Å². The van der Waals surface area contributed by atoms with Gasteiger partial charge in [-0.05, 0) is 6.42 Å². The number of Topliss-reactive ketones (excluding diaryl/α,β-unsaturated/α-hetero) is 1. The van der Waals surface area contributed by atoms with E-state index >= 15 is 0 Å². The Morgan fingerprint density at radius 2 is 1.38 bits per heavy atom. The Morgan fingerprint density at radius 3 is 1.90 bits per heavy atom. The molecule has 0 saturated heterocycles. The van der Waals surface area contributed by atoms with Gasteiger partial charge in [-0.3, -0.25) is 9.59 Å². The van der Waals surface area contributed by atoms with Crippen molar-refractivity contribution in [3.63, 3.8) is 0 Å². The third-order valence-corrected chi connectivity index (χ3v) is 3.28. The van der Waals surface area contributed by atoms with Gasteiger partial charge < -0.3 is 10.5 Å². The molecule has 1 N–H and O–H groups in total. The molecule has 0 fully saturated rings. The molecule has 0 aromatic carbocycles. The Labute approximate surface area is 151 Å². The average Bonchev–Trinajstić information content (AvgIpc) is 2.43. The van der Waals surface area contributed by atoms with Crippen molar-refractivity contribution in [1.29, 1.82) is 0 Å². The predicted octanol–water partition coefficient (Wildman–Crippen LogP) is 1.47. The van der Waals surface area contributed by atoms with Gasteiger partial charge in [0.15, 0.2) is 5.78 Å². The standard InChI is InChI=1S/C16H30NO3.Na/c1-2-3-4-5-6-7-8-9-10-11-15(18)14-20-16(19)12-13-17;/h17H,2-14H2,1H3;/q-1;+1. The van der Waals surface area contributed by atoms with Crippen LogP contribution in [0.5, 0.6) is 0 Å². The number of rotatable bonds is 14. The van der Waals surface area contributed by atoms with Crippen LogP contribution in [-0.4, -0.2) is 24.9 Å². The molecule has 4 nitrogen and oxygen atoms in total. The monoisotopic (exact) mass is 307 g/mol. The Balaban J connectivity index is 0. The Morgan fingerprint density at radius 1 is 0.857 bits per heavy atom. The molecule has 0 aliphatic rings. The van der Waals surface area contributed by atoms with Gasteiger partial charge in [-0.25, -0.2) is 0 Å². The van der Waals surface area contributed by atoms with Crippen molar-refractivity contribution in [2.45, 2.75) is 77.6 Å². The first-order chi connectivity index (χ1) is 9.70. The van der Waals surface area contributed by atoms with E-state index in [1.807, 2.05) is 0 Å². The first-order valence-electron chi connectivity index (χ1n) is 8.02. The van der Waals surface area contributed by atoms with Crippen molar-refractivity contribution < 1.29 is 43.9 Å². The minimum absolute atomic E-state index is 0. The summed E-state index contributed by atoms with van der Waals surface area (Å²) < 4.78 is 4.77. The summed E-state index contributed by atoms with van der Waals surface area (Å²) in [5, 5.41) is 0. The summed E-state index contributed by atoms with van der Waals surface area (Å²) in [5.74, 6) is -0.452. The molecule has 0 radical (unpaired) electrons. The number of hydrogen-bond donors (Lipinski definition) is 0. The normalized spacial score (nSPS) is 10.0. The van der Waals surface area contributed by atoms with Gasteiger partial charge in [-0.1, -0.05) is 58.3 Å². The smallest absolute Gasteiger partial charge is 0.677 e. The van der Waals surface area contributed by atoms with Crippen LogP contribution >= 0.6 is 0 Å². The number of ketones is 1. The quantitative estimate of drug-likeness (QED) is 0.277. The van der Waals surface area contributed by atoms with E-state index in [0.29, 0.717) is 6.42 Å². The van der Waals surface area contributed by atoms with Crippen LogP contribution in [0, 0.1) is 0 Å². The molecule has 0 heterocycles. The molecule has 118 valence electrons. The zero-order valence-corrected chi connectivity index (χ0v) is 15.9. The first kappa shape index (κ1) is 23.4. The van der Waals surface area contributed by atoms with Gasteiger partial charge in [0.2, 0.25) is 0 Å². The molecule has 0 atom stereocenters. The summed E-state index contributed by atoms with van der Waals surface area (Å²) >= 11 is 0. The predicted molar refractivity (Wildman–Crippen MR) is 81.6 cm³/mol. The van der Waals surface area contributed by atoms with Crippen molar-refractivity contribution in [2.75, 3.05) is 13.2 Å². The van der Waals surface area contributed by atoms with Crippen molar-refractivity contribution >= 4 is 11.8 Å². The fourth-order valence-electron chi connectivity index (χ4n) is 2.04. The minimum atomic E-state index is -0.444. The Hall–Kier alpha value is 0.1000. The van der Waals surface area contributed by atoms with Gasteiger partial charge in [0.1, 0.15) is 6.61 Å². The molecule has 0 aliphatic carbocycles. The average molecular weight is 307 g/mol. The van der Waals surface area contributed by atoms with Gasteiger partial charge in [0, 0.05) is 12.8 Å². The third-order valence-electron chi connectivity index (χ3n) is 3.28. The van der Waals surface area contributed by atoms with E-state index in [4.69, 9.17) is 10.5 Å². The van der Waals surface area contributed by atoms with Crippen molar-refractivity contribution in [2.24, 2.45) is 0 Å². The minimum Gasteiger partial charge on any atom is -0.677 e. The fraction of sp³-hybridized carbons (Fsp3) is 0.875. The molecule has 0 rings (SSSR count). The summed E-state index contributed by atoms with van der Waals surface area (Å²) in [6.07, 6.45) is 11.6. The van der Waals surface area contributed by atoms with Crippen molar-refractivity contribution in [3.05, 3.63) is 5.73 Å². The van der Waals surface area contributed by atoms with Crippen LogP contribution in [0.25, 0.3) is 5.73 Å². The molecule has 0 unspecified atom stereocenters. The zero-order chi connectivity index (χ0) is 15.1. The topological polar surface area (TPSA) is 67.2 Å². The van der Waals surface area contributed by atoms with E-state index in [1.165, 1.54) is 44.9 Å². The summed E-state index contributed by atoms with van der Waals surface area (Å²) in [4.78, 5) is 22.4. The number of unbranched alkanes of at least 4 members (excludes halogenated alkanes) is 8. The molecular weight excluding hydrogens is 277 g/mol. The third kappa shape index (κ3) is 18.1. The van der Waals surface area contributed by atoms with Gasteiger partial charge in [-0.2, -0.15) is 0 Å². The number of esters is 1. The van der Waals surface area contributed by atoms with Gasteiger partial charge >= 0.3 is 35.5 Å². The molecule has 0 amide bonds. The van der Waals surface area contributed by atoms with Crippen LogP contribution in [0.3, 0.4) is 0 Å². The Bertz CT molecular complexity index is 260. The van der Waals surface area contributed by atoms with Crippen molar-refractivity contribution in [1.82, 2.24) is 0 Å². The second-order valence-corrected chi connectivity index (χ2v) is 5.28. The van der Waals surface area contributed by atoms with Crippen LogP contribution in [0.2, 0.25) is 0 Å². The number of nitrogens with one attached hydrogen (secondary N) is 1. The molecule has 0 spiro atoms. The molecule has 0 aromatic heterocycles. The maximum absolute atomic E-state index is 11.4. The molecule has 0 aliphatic heterocycles. The van der Waals surface area contributed by atoms with E-state index in [1.54, 1.807) is 0 Å². The zero-order valence-electron chi connectivity index (χ0n) is 13.9. The Kier molecular flexibility index (Phi) is 20.2. The number of ether oxygens (including phenoxy) is 1. The molecule has 0 bridgehead atoms. The summed E-state index contributed by atoms with van der Waals surface area (Å²) in [7, 11) is 0. The maximum Gasteiger partial charge on any atom is 1.00 e. The van der Waals surface area contributed by atoms with Gasteiger partial charge in [-0.15, -0.1) is 6.54 Å². The molecule has 21 heavy (non-hydrogen) atoms. The maximum atomic E-state index is 11.4. The summed E-state index contributed by atoms with van der Waals surface area (Å²) in [6, 6.07) is 0. The van der Waals surface area contributed by atoms with E-state index in [9.17, 15) is 9.59 Å². The first-order valence-corrected chi connectivity index (χ1v) is 8.02. The number of carbonyl (C=O) groups excluding carboxylic acids is 2. The van der Waals surface area contributed by atoms with Crippen LogP contribution in [0.4, 0.5) is 0 Å². The second kappa shape index (κ2) is 18.1. The molecular formula is C16H30NNaO3. The SMILES string of the molecule is CCCCCCCCCCCC(=O)COC(=O)CC[NH-].[Na+]. The van der Waals surface area contributed by atoms with E-state index < -0.39 is 5.97 Å². The van der Waals surface area contributed by atoms with Crippen LogP contribution in [-0.2, 0) is 14.3 Å². The summed E-state index contributed by atoms with van der Waals surface area (Å²) in [5.41, 5.74) is 6.86. The van der Waals surface area contributed by atoms with E-state index in [2.05, 4.69) is 6.92 Å². The van der Waals surface area contributed by atoms with Crippen molar-refractivity contribution in [3.8, 4) is 0 Å². The van der Waals surface area contributed by atoms with Crippen LogP contribution in [0.1, 0.15) is 77.6 Å². The molecule has 0 aromatic rings. The van der Waals surface area contributed by atoms with Crippen LogP contribution in [0.15, 0.2) is 0 Å². The molecule has 0 saturated carbocycles. The summed E-state index contributed by atoms with van der Waals surface area (Å²) in [6.45, 7) is 2.13. The second-order valence-electron chi connectivity index (χ2n) is 5.28. The number of hydrogen-bond acceptors (Lipinski definition) is 3. The van der Waals surface area contributed by atoms with Gasteiger partial charge in [0.25, 0.3) is 0 Å². The number of carbonyl (C=O) groups is 2. The van der Waals surface area contributed by atoms with E-state index in [0.717, 1.165) is 12.8 Å². The van der Waals surface area contributed by atoms with Crippen LogP contribution < -0.4 is 29.6 Å². The molecule has 5 heteroatoms. The van der Waals surface area contributed by atoms with Gasteiger partial charge in [0.05, 0.1) is 0 Å². The largest absolute Gasteiger partial charge is 1.00 e. The fourth-order valence-corrected chi connectivity index (χ4v) is 2.04.